The van der Waals surface area contributed by atoms with Gasteiger partial charge in [0.1, 0.15) is 5.15 Å². The fourth-order valence-electron chi connectivity index (χ4n) is 7.92. The zero-order valence-corrected chi connectivity index (χ0v) is 22.2. The van der Waals surface area contributed by atoms with Crippen LogP contribution in [0.4, 0.5) is 0 Å². The number of nitrogens with zero attached hydrogens (tertiary/aromatic N) is 3. The van der Waals surface area contributed by atoms with E-state index in [1.807, 2.05) is 6.07 Å². The highest BCUT2D eigenvalue weighted by molar-refractivity contribution is 6.29. The third kappa shape index (κ3) is 4.37. The van der Waals surface area contributed by atoms with Gasteiger partial charge < -0.3 is 15.1 Å². The number of pyridine rings is 1. The lowest BCUT2D eigenvalue weighted by atomic mass is 9.65. The number of carbonyl (C=O) groups excluding carboxylic acids is 1. The number of rotatable bonds is 3. The minimum Gasteiger partial charge on any atom is -0.339 e. The van der Waals surface area contributed by atoms with Crippen molar-refractivity contribution in [2.24, 2.45) is 11.8 Å². The molecule has 6 heteroatoms. The summed E-state index contributed by atoms with van der Waals surface area (Å²) in [6, 6.07) is 15.4. The van der Waals surface area contributed by atoms with Crippen LogP contribution in [0.15, 0.2) is 42.5 Å². The van der Waals surface area contributed by atoms with E-state index in [1.54, 1.807) is 0 Å². The van der Waals surface area contributed by atoms with Gasteiger partial charge in [0.05, 0.1) is 5.92 Å². The summed E-state index contributed by atoms with van der Waals surface area (Å²) >= 11 is 6.27. The summed E-state index contributed by atoms with van der Waals surface area (Å²) in [5.74, 6) is 1.41. The summed E-state index contributed by atoms with van der Waals surface area (Å²) in [6.07, 6.45) is 7.65. The summed E-state index contributed by atoms with van der Waals surface area (Å²) in [5, 5.41) is 4.19. The first kappa shape index (κ1) is 24.4. The van der Waals surface area contributed by atoms with Gasteiger partial charge in [0.15, 0.2) is 0 Å². The van der Waals surface area contributed by atoms with Gasteiger partial charge in [0, 0.05) is 43.3 Å². The van der Waals surface area contributed by atoms with Gasteiger partial charge >= 0.3 is 0 Å². The second-order valence-corrected chi connectivity index (χ2v) is 12.1. The van der Waals surface area contributed by atoms with Gasteiger partial charge in [-0.2, -0.15) is 0 Å². The van der Waals surface area contributed by atoms with Crippen molar-refractivity contribution in [2.45, 2.75) is 62.3 Å². The normalized spacial score (nSPS) is 33.0. The van der Waals surface area contributed by atoms with Crippen LogP contribution in [-0.4, -0.2) is 66.5 Å². The van der Waals surface area contributed by atoms with E-state index in [1.165, 1.54) is 30.5 Å². The van der Waals surface area contributed by atoms with Crippen LogP contribution >= 0.6 is 11.6 Å². The maximum absolute atomic E-state index is 14.6. The summed E-state index contributed by atoms with van der Waals surface area (Å²) in [4.78, 5) is 24.0. The third-order valence-corrected chi connectivity index (χ3v) is 9.88. The number of amides is 1. The van der Waals surface area contributed by atoms with Crippen LogP contribution in [0, 0.1) is 11.8 Å². The number of aryl methyl sites for hydroxylation is 1. The monoisotopic (exact) mass is 506 g/mol. The predicted molar refractivity (Wildman–Crippen MR) is 144 cm³/mol. The van der Waals surface area contributed by atoms with Crippen LogP contribution < -0.4 is 5.32 Å². The van der Waals surface area contributed by atoms with Crippen LogP contribution in [-0.2, 0) is 16.6 Å². The largest absolute Gasteiger partial charge is 0.339 e. The number of likely N-dealkylation sites (tertiary alicyclic amines) is 2. The molecular weight excluding hydrogens is 468 g/mol. The van der Waals surface area contributed by atoms with E-state index < -0.39 is 0 Å². The molecule has 6 rings (SSSR count). The molecule has 1 spiro atoms. The molecule has 0 bridgehead atoms. The van der Waals surface area contributed by atoms with Crippen LogP contribution in [0.1, 0.15) is 61.3 Å². The molecule has 36 heavy (non-hydrogen) atoms. The number of fused-ring (bicyclic) bond motifs is 2. The fourth-order valence-corrected chi connectivity index (χ4v) is 8.08. The van der Waals surface area contributed by atoms with Crippen LogP contribution in [0.5, 0.6) is 0 Å². The Kier molecular flexibility index (Phi) is 6.83. The molecule has 0 radical (unpaired) electrons. The lowest BCUT2D eigenvalue weighted by Gasteiger charge is -2.48. The second kappa shape index (κ2) is 10.1. The third-order valence-electron chi connectivity index (χ3n) is 9.67. The molecule has 3 fully saturated rings. The molecule has 2 aromatic rings. The number of hydrogen-bond donors (Lipinski definition) is 1. The van der Waals surface area contributed by atoms with E-state index in [-0.39, 0.29) is 11.3 Å². The molecular formula is C30H39ClN4O. The zero-order chi connectivity index (χ0) is 24.7. The molecule has 192 valence electrons. The number of aromatic nitrogens is 1. The Morgan fingerprint density at radius 3 is 2.81 bits per heavy atom. The Morgan fingerprint density at radius 2 is 1.97 bits per heavy atom. The first-order valence-electron chi connectivity index (χ1n) is 14.0. The van der Waals surface area contributed by atoms with Crippen LogP contribution in [0.2, 0.25) is 5.15 Å². The predicted octanol–water partition coefficient (Wildman–Crippen LogP) is 4.65. The van der Waals surface area contributed by atoms with Crippen LogP contribution in [0.25, 0.3) is 0 Å². The Balaban J connectivity index is 1.31. The van der Waals surface area contributed by atoms with Crippen molar-refractivity contribution in [3.8, 4) is 0 Å². The molecule has 1 aromatic heterocycles. The number of halogens is 1. The molecule has 5 atom stereocenters. The van der Waals surface area contributed by atoms with Crippen molar-refractivity contribution in [1.82, 2.24) is 20.1 Å². The van der Waals surface area contributed by atoms with Crippen molar-refractivity contribution in [2.75, 3.05) is 39.8 Å². The summed E-state index contributed by atoms with van der Waals surface area (Å²) in [6.45, 7) is 4.74. The molecule has 4 aliphatic rings. The van der Waals surface area contributed by atoms with Crippen molar-refractivity contribution in [1.29, 1.82) is 0 Å². The van der Waals surface area contributed by atoms with E-state index in [4.69, 9.17) is 11.6 Å². The molecule has 1 amide bonds. The van der Waals surface area contributed by atoms with E-state index in [9.17, 15) is 4.79 Å². The van der Waals surface area contributed by atoms with Crippen molar-refractivity contribution < 1.29 is 4.79 Å². The topological polar surface area (TPSA) is 48.5 Å². The summed E-state index contributed by atoms with van der Waals surface area (Å²) in [7, 11) is 2.24. The highest BCUT2D eigenvalue weighted by Gasteiger charge is 2.52. The molecule has 4 heterocycles. The lowest BCUT2D eigenvalue weighted by Crippen LogP contribution is -2.56. The van der Waals surface area contributed by atoms with Crippen molar-refractivity contribution in [3.63, 3.8) is 0 Å². The number of piperidine rings is 2. The number of hydrogen-bond acceptors (Lipinski definition) is 4. The van der Waals surface area contributed by atoms with Gasteiger partial charge in [-0.05, 0) is 87.6 Å². The minimum absolute atomic E-state index is 0.0309. The molecule has 1 aliphatic carbocycles. The molecule has 1 aromatic carbocycles. The summed E-state index contributed by atoms with van der Waals surface area (Å²) in [5.41, 5.74) is 3.63. The summed E-state index contributed by atoms with van der Waals surface area (Å²) < 4.78 is 0. The Labute approximate surface area is 220 Å². The first-order chi connectivity index (χ1) is 17.5. The SMILES string of the molecule is CN1CCCC([C@@H]2C[C@H](c3ccccc3)CCN2C(=O)[C@@H]2CNC[C@]23CCCc2nc(Cl)ccc23)C1. The van der Waals surface area contributed by atoms with Gasteiger partial charge in [-0.15, -0.1) is 0 Å². The smallest absolute Gasteiger partial charge is 0.228 e. The van der Waals surface area contributed by atoms with E-state index >= 15 is 0 Å². The lowest BCUT2D eigenvalue weighted by molar-refractivity contribution is -0.143. The standard InChI is InChI=1S/C30H39ClN4O/c1-34-15-6-9-23(19-34)27-17-22(21-7-3-2-4-8-21)13-16-35(27)29(36)25-18-32-20-30(25)14-5-10-26-24(30)11-12-28(31)33-26/h2-4,7-8,11-12,22-23,25,27,32H,5-6,9-10,13-20H2,1H3/t22-,23?,25+,27+,30+/m1/s1. The van der Waals surface area contributed by atoms with E-state index in [0.29, 0.717) is 28.9 Å². The first-order valence-corrected chi connectivity index (χ1v) is 14.3. The van der Waals surface area contributed by atoms with Crippen molar-refractivity contribution in [3.05, 3.63) is 64.4 Å². The van der Waals surface area contributed by atoms with Gasteiger partial charge in [-0.25, -0.2) is 4.98 Å². The highest BCUT2D eigenvalue weighted by atomic mass is 35.5. The molecule has 1 N–H and O–H groups in total. The fraction of sp³-hybridized carbons (Fsp3) is 0.600. The average Bonchev–Trinajstić information content (AvgIpc) is 3.32. The minimum atomic E-state index is -0.160. The quantitative estimate of drug-likeness (QED) is 0.616. The van der Waals surface area contributed by atoms with Gasteiger partial charge in [0.2, 0.25) is 5.91 Å². The molecule has 0 saturated carbocycles. The van der Waals surface area contributed by atoms with Gasteiger partial charge in [-0.3, -0.25) is 4.79 Å². The van der Waals surface area contributed by atoms with E-state index in [0.717, 1.165) is 64.0 Å². The Morgan fingerprint density at radius 1 is 1.11 bits per heavy atom. The molecule has 1 unspecified atom stereocenters. The van der Waals surface area contributed by atoms with E-state index in [2.05, 4.69) is 63.5 Å². The number of carbonyl (C=O) groups is 1. The maximum Gasteiger partial charge on any atom is 0.228 e. The molecule has 3 saturated heterocycles. The second-order valence-electron chi connectivity index (χ2n) is 11.7. The molecule has 5 nitrogen and oxygen atoms in total. The Bertz CT molecular complexity index is 1090. The zero-order valence-electron chi connectivity index (χ0n) is 21.5. The maximum atomic E-state index is 14.6. The number of nitrogens with one attached hydrogen (secondary N) is 1. The van der Waals surface area contributed by atoms with Gasteiger partial charge in [-0.1, -0.05) is 48.0 Å². The Hall–Kier alpha value is -1.95. The highest BCUT2D eigenvalue weighted by Crippen LogP contribution is 2.47. The van der Waals surface area contributed by atoms with Gasteiger partial charge in [0.25, 0.3) is 0 Å². The molecule has 3 aliphatic heterocycles. The van der Waals surface area contributed by atoms with Crippen molar-refractivity contribution >= 4 is 17.5 Å². The number of benzene rings is 1. The van der Waals surface area contributed by atoms with Crippen LogP contribution in [0.3, 0.4) is 0 Å². The average molecular weight is 507 g/mol.